The molecule has 2 aromatic heterocycles. The molecule has 2 aliphatic heterocycles. The number of rotatable bonds is 18. The maximum Gasteiger partial charge on any atom is 0.243 e. The van der Waals surface area contributed by atoms with Crippen LogP contribution in [0.2, 0.25) is 0 Å². The van der Waals surface area contributed by atoms with E-state index in [-0.39, 0.29) is 55.4 Å². The van der Waals surface area contributed by atoms with E-state index >= 15 is 8.78 Å². The molecule has 0 saturated carbocycles. The molecule has 0 bridgehead atoms. The number of halogens is 2. The van der Waals surface area contributed by atoms with Crippen molar-refractivity contribution in [2.24, 2.45) is 0 Å². The fourth-order valence-electron chi connectivity index (χ4n) is 7.74. The number of benzene rings is 3. The van der Waals surface area contributed by atoms with Crippen LogP contribution in [0.25, 0.3) is 33.4 Å². The van der Waals surface area contributed by atoms with Gasteiger partial charge in [-0.2, -0.15) is 5.10 Å². The standard InChI is InChI=1S/C44H49F2N9O5/c45-36-20-29(21-37(46)35(36)24-47-15-18-56)34-5-4-6-38-43(34)52-40(25-50-38)31-23-51-55(26-31)33-12-16-54(17-13-33)42(59)7-2-1-3-14-48-32-9-8-28(30(19-32)27-57)22-49-39-10-11-41(58)53-44(39)60/h4-6,8-9,19-21,23,25-27,33,39,47-49,56H,1-3,7,10-18,22,24H2,(H,53,58,60). The summed E-state index contributed by atoms with van der Waals surface area (Å²) >= 11 is 0. The van der Waals surface area contributed by atoms with Gasteiger partial charge in [-0.15, -0.1) is 0 Å². The Bertz CT molecular complexity index is 2320. The second kappa shape index (κ2) is 19.9. The number of piperidine rings is 2. The van der Waals surface area contributed by atoms with Crippen molar-refractivity contribution in [1.29, 1.82) is 0 Å². The number of para-hydroxylation sites is 1. The summed E-state index contributed by atoms with van der Waals surface area (Å²) in [6.45, 7) is 2.36. The second-order valence-electron chi connectivity index (χ2n) is 15.2. The molecule has 5 aromatic rings. The van der Waals surface area contributed by atoms with Gasteiger partial charge in [-0.25, -0.2) is 13.8 Å². The van der Waals surface area contributed by atoms with Crippen molar-refractivity contribution in [2.75, 3.05) is 38.1 Å². The summed E-state index contributed by atoms with van der Waals surface area (Å²) in [7, 11) is 0. The van der Waals surface area contributed by atoms with E-state index in [1.54, 1.807) is 36.7 Å². The lowest BCUT2D eigenvalue weighted by molar-refractivity contribution is -0.135. The molecule has 60 heavy (non-hydrogen) atoms. The quantitative estimate of drug-likeness (QED) is 0.0453. The van der Waals surface area contributed by atoms with Crippen LogP contribution in [0.5, 0.6) is 0 Å². The van der Waals surface area contributed by atoms with Crippen molar-refractivity contribution in [3.8, 4) is 22.4 Å². The highest BCUT2D eigenvalue weighted by atomic mass is 19.1. The van der Waals surface area contributed by atoms with E-state index in [0.29, 0.717) is 72.4 Å². The Morgan fingerprint density at radius 3 is 2.53 bits per heavy atom. The number of aldehydes is 1. The van der Waals surface area contributed by atoms with Crippen LogP contribution in [0.3, 0.4) is 0 Å². The van der Waals surface area contributed by atoms with Crippen molar-refractivity contribution in [3.63, 3.8) is 0 Å². The maximum absolute atomic E-state index is 15.0. The molecule has 3 amide bonds. The van der Waals surface area contributed by atoms with E-state index in [1.807, 2.05) is 27.9 Å². The normalized spacial score (nSPS) is 16.0. The van der Waals surface area contributed by atoms with E-state index in [0.717, 1.165) is 55.2 Å². The number of aromatic nitrogens is 4. The summed E-state index contributed by atoms with van der Waals surface area (Å²) in [5.41, 5.74) is 5.34. The number of aliphatic hydroxyl groups is 1. The molecule has 16 heteroatoms. The fourth-order valence-corrected chi connectivity index (χ4v) is 7.74. The van der Waals surface area contributed by atoms with E-state index in [1.165, 1.54) is 12.1 Å². The predicted molar refractivity (Wildman–Crippen MR) is 222 cm³/mol. The summed E-state index contributed by atoms with van der Waals surface area (Å²) in [4.78, 5) is 59.6. The van der Waals surface area contributed by atoms with Gasteiger partial charge >= 0.3 is 0 Å². The average Bonchev–Trinajstić information content (AvgIpc) is 3.76. The molecule has 14 nitrogen and oxygen atoms in total. The highest BCUT2D eigenvalue weighted by Crippen LogP contribution is 2.32. The van der Waals surface area contributed by atoms with Crippen LogP contribution >= 0.6 is 0 Å². The number of anilines is 1. The third-order valence-electron chi connectivity index (χ3n) is 11.2. The first-order valence-corrected chi connectivity index (χ1v) is 20.5. The number of unbranched alkanes of at least 4 members (excludes halogenated alkanes) is 2. The molecule has 2 aliphatic rings. The number of carbonyl (C=O) groups excluding carboxylic acids is 4. The Kier molecular flexibility index (Phi) is 14.0. The fraction of sp³-hybridized carbons (Fsp3) is 0.386. The molecular weight excluding hydrogens is 773 g/mol. The Morgan fingerprint density at radius 2 is 1.77 bits per heavy atom. The predicted octanol–water partition coefficient (Wildman–Crippen LogP) is 5.06. The number of nitrogens with zero attached hydrogens (tertiary/aromatic N) is 5. The molecule has 2 fully saturated rings. The lowest BCUT2D eigenvalue weighted by Crippen LogP contribution is -2.50. The summed E-state index contributed by atoms with van der Waals surface area (Å²) in [6.07, 6.45) is 11.4. The zero-order chi connectivity index (χ0) is 42.0. The van der Waals surface area contributed by atoms with Gasteiger partial charge in [0.1, 0.15) is 17.9 Å². The summed E-state index contributed by atoms with van der Waals surface area (Å²) in [5.74, 6) is -1.84. The average molecular weight is 822 g/mol. The van der Waals surface area contributed by atoms with Gasteiger partial charge in [-0.1, -0.05) is 24.6 Å². The third kappa shape index (κ3) is 10.2. The topological polar surface area (TPSA) is 183 Å². The molecule has 2 saturated heterocycles. The molecule has 1 atom stereocenters. The number of imide groups is 1. The Labute approximate surface area is 346 Å². The molecular formula is C44H49F2N9O5. The van der Waals surface area contributed by atoms with Gasteiger partial charge in [-0.3, -0.25) is 34.2 Å². The molecule has 0 radical (unpaired) electrons. The van der Waals surface area contributed by atoms with Gasteiger partial charge in [0.25, 0.3) is 0 Å². The third-order valence-corrected chi connectivity index (χ3v) is 11.2. The van der Waals surface area contributed by atoms with Crippen LogP contribution in [0.1, 0.15) is 78.9 Å². The molecule has 4 heterocycles. The number of aliphatic hydroxyl groups excluding tert-OH is 1. The molecule has 5 N–H and O–H groups in total. The van der Waals surface area contributed by atoms with E-state index in [4.69, 9.17) is 10.1 Å². The van der Waals surface area contributed by atoms with Crippen molar-refractivity contribution < 1.29 is 33.1 Å². The number of hydrogen-bond acceptors (Lipinski definition) is 11. The van der Waals surface area contributed by atoms with Crippen LogP contribution in [-0.4, -0.2) is 92.6 Å². The summed E-state index contributed by atoms with van der Waals surface area (Å²) in [5, 5.41) is 25.2. The minimum Gasteiger partial charge on any atom is -0.395 e. The molecule has 3 aromatic carbocycles. The minimum atomic E-state index is -0.688. The molecule has 314 valence electrons. The highest BCUT2D eigenvalue weighted by molar-refractivity contribution is 6.00. The van der Waals surface area contributed by atoms with Crippen LogP contribution in [0.15, 0.2) is 67.1 Å². The van der Waals surface area contributed by atoms with Crippen molar-refractivity contribution in [2.45, 2.75) is 76.5 Å². The van der Waals surface area contributed by atoms with Gasteiger partial charge < -0.3 is 26.0 Å². The van der Waals surface area contributed by atoms with Gasteiger partial charge in [-0.05, 0) is 73.6 Å². The van der Waals surface area contributed by atoms with Crippen LogP contribution in [0, 0.1) is 11.6 Å². The zero-order valence-electron chi connectivity index (χ0n) is 33.3. The zero-order valence-corrected chi connectivity index (χ0v) is 33.3. The van der Waals surface area contributed by atoms with Crippen LogP contribution < -0.4 is 21.3 Å². The van der Waals surface area contributed by atoms with Crippen molar-refractivity contribution in [1.82, 2.24) is 40.6 Å². The monoisotopic (exact) mass is 821 g/mol. The second-order valence-corrected chi connectivity index (χ2v) is 15.2. The van der Waals surface area contributed by atoms with Crippen molar-refractivity contribution in [3.05, 3.63) is 95.4 Å². The van der Waals surface area contributed by atoms with Crippen LogP contribution in [0.4, 0.5) is 14.5 Å². The number of likely N-dealkylation sites (tertiary alicyclic amines) is 1. The first-order valence-electron chi connectivity index (χ1n) is 20.5. The van der Waals surface area contributed by atoms with E-state index in [9.17, 15) is 19.2 Å². The summed E-state index contributed by atoms with van der Waals surface area (Å²) in [6, 6.07) is 13.1. The van der Waals surface area contributed by atoms with Gasteiger partial charge in [0.05, 0.1) is 47.8 Å². The van der Waals surface area contributed by atoms with Gasteiger partial charge in [0, 0.05) is 86.2 Å². The highest BCUT2D eigenvalue weighted by Gasteiger charge is 2.27. The van der Waals surface area contributed by atoms with Crippen molar-refractivity contribution >= 4 is 40.7 Å². The Morgan fingerprint density at radius 1 is 0.950 bits per heavy atom. The maximum atomic E-state index is 15.0. The summed E-state index contributed by atoms with van der Waals surface area (Å²) < 4.78 is 32.0. The molecule has 1 unspecified atom stereocenters. The Hall–Kier alpha value is -5.97. The molecule has 0 spiro atoms. The first-order chi connectivity index (χ1) is 29.2. The Balaban J connectivity index is 0.853. The molecule has 0 aliphatic carbocycles. The van der Waals surface area contributed by atoms with Gasteiger partial charge in [0.15, 0.2) is 0 Å². The number of amides is 3. The minimum absolute atomic E-state index is 0.0417. The number of nitrogens with one attached hydrogen (secondary N) is 4. The van der Waals surface area contributed by atoms with Gasteiger partial charge in [0.2, 0.25) is 17.7 Å². The molecule has 7 rings (SSSR count). The lowest BCUT2D eigenvalue weighted by Gasteiger charge is -2.32. The number of carbonyl (C=O) groups is 4. The SMILES string of the molecule is O=Cc1cc(NCCCCCC(=O)N2CCC(n3cc(-c4cnc5cccc(-c6cc(F)c(CNCCO)c(F)c6)c5n4)cn3)CC2)ccc1CNC1CCC(=O)NC1=O. The van der Waals surface area contributed by atoms with Crippen LogP contribution in [-0.2, 0) is 27.5 Å². The smallest absolute Gasteiger partial charge is 0.243 e. The number of fused-ring (bicyclic) bond motifs is 1. The lowest BCUT2D eigenvalue weighted by atomic mass is 10.0. The number of hydrogen-bond donors (Lipinski definition) is 5. The van der Waals surface area contributed by atoms with E-state index < -0.39 is 17.7 Å². The first kappa shape index (κ1) is 42.2. The largest absolute Gasteiger partial charge is 0.395 e. The van der Waals surface area contributed by atoms with E-state index in [2.05, 4.69) is 31.3 Å².